The minimum atomic E-state index is -0.251. The molecule has 0 spiro atoms. The van der Waals surface area contributed by atoms with Crippen LogP contribution in [0.25, 0.3) is 10.9 Å². The van der Waals surface area contributed by atoms with Gasteiger partial charge in [-0.3, -0.25) is 4.79 Å². The van der Waals surface area contributed by atoms with Crippen LogP contribution < -0.4 is 5.32 Å². The van der Waals surface area contributed by atoms with Gasteiger partial charge in [-0.2, -0.15) is 5.21 Å². The predicted molar refractivity (Wildman–Crippen MR) is 77.4 cm³/mol. The van der Waals surface area contributed by atoms with E-state index in [1.165, 1.54) is 0 Å². The number of rotatable bonds is 5. The number of benzene rings is 1. The first-order valence-corrected chi connectivity index (χ1v) is 6.82. The van der Waals surface area contributed by atoms with Crippen molar-refractivity contribution in [3.63, 3.8) is 0 Å². The third-order valence-electron chi connectivity index (χ3n) is 3.42. The van der Waals surface area contributed by atoms with Crippen LogP contribution in [0.4, 0.5) is 0 Å². The summed E-state index contributed by atoms with van der Waals surface area (Å²) in [6.07, 6.45) is 3.07. The molecule has 3 rings (SSSR count). The van der Waals surface area contributed by atoms with Crippen molar-refractivity contribution >= 4 is 16.8 Å². The van der Waals surface area contributed by atoms with Crippen molar-refractivity contribution < 1.29 is 4.79 Å². The second-order valence-corrected chi connectivity index (χ2v) is 4.92. The highest BCUT2D eigenvalue weighted by Crippen LogP contribution is 2.19. The molecule has 1 unspecified atom stereocenters. The van der Waals surface area contributed by atoms with Gasteiger partial charge in [0.1, 0.15) is 0 Å². The van der Waals surface area contributed by atoms with Gasteiger partial charge in [0, 0.05) is 23.5 Å². The van der Waals surface area contributed by atoms with Crippen molar-refractivity contribution in [1.82, 2.24) is 30.9 Å². The molecule has 0 bridgehead atoms. The fourth-order valence-electron chi connectivity index (χ4n) is 2.32. The highest BCUT2D eigenvalue weighted by Gasteiger charge is 2.13. The fraction of sp³-hybridized carbons (Fsp3) is 0.286. The highest BCUT2D eigenvalue weighted by molar-refractivity contribution is 5.84. The van der Waals surface area contributed by atoms with E-state index in [-0.39, 0.29) is 11.9 Å². The number of carbonyl (C=O) groups is 1. The van der Waals surface area contributed by atoms with Crippen LogP contribution >= 0.6 is 0 Å². The Labute approximate surface area is 121 Å². The quantitative estimate of drug-likeness (QED) is 0.661. The second kappa shape index (κ2) is 5.74. The second-order valence-electron chi connectivity index (χ2n) is 4.92. The first kappa shape index (κ1) is 13.3. The molecule has 3 N–H and O–H groups in total. The molecule has 0 saturated heterocycles. The third-order valence-corrected chi connectivity index (χ3v) is 3.42. The van der Waals surface area contributed by atoms with E-state index in [1.807, 2.05) is 31.3 Å². The van der Waals surface area contributed by atoms with Crippen LogP contribution in [0.15, 0.2) is 30.5 Å². The number of aromatic amines is 2. The lowest BCUT2D eigenvalue weighted by Crippen LogP contribution is -2.27. The Kier molecular flexibility index (Phi) is 3.63. The molecule has 0 aliphatic rings. The van der Waals surface area contributed by atoms with Crippen LogP contribution in [0.1, 0.15) is 30.8 Å². The molecule has 1 amide bonds. The number of para-hydroxylation sites is 1. The highest BCUT2D eigenvalue weighted by atomic mass is 16.1. The number of fused-ring (bicyclic) bond motifs is 1. The Balaban J connectivity index is 1.58. The summed E-state index contributed by atoms with van der Waals surface area (Å²) in [5.41, 5.74) is 2.24. The average Bonchev–Trinajstić information content (AvgIpc) is 3.15. The molecule has 2 heterocycles. The van der Waals surface area contributed by atoms with Crippen LogP contribution in [-0.4, -0.2) is 31.5 Å². The SMILES string of the molecule is CC(NC(=O)CCc1c[nH]c2ccccc12)c1nn[nH]n1. The van der Waals surface area contributed by atoms with Crippen molar-refractivity contribution in [2.75, 3.05) is 0 Å². The first-order valence-electron chi connectivity index (χ1n) is 6.82. The number of amides is 1. The van der Waals surface area contributed by atoms with Crippen molar-refractivity contribution in [2.24, 2.45) is 0 Å². The van der Waals surface area contributed by atoms with Crippen LogP contribution in [0.3, 0.4) is 0 Å². The predicted octanol–water partition coefficient (Wildman–Crippen LogP) is 1.49. The van der Waals surface area contributed by atoms with Crippen LogP contribution in [-0.2, 0) is 11.2 Å². The molecule has 7 heteroatoms. The zero-order valence-electron chi connectivity index (χ0n) is 11.6. The van der Waals surface area contributed by atoms with Crippen LogP contribution in [0, 0.1) is 0 Å². The summed E-state index contributed by atoms with van der Waals surface area (Å²) in [5, 5.41) is 17.6. The van der Waals surface area contributed by atoms with E-state index < -0.39 is 0 Å². The van der Waals surface area contributed by atoms with Crippen LogP contribution in [0.5, 0.6) is 0 Å². The summed E-state index contributed by atoms with van der Waals surface area (Å²) in [4.78, 5) is 15.2. The van der Waals surface area contributed by atoms with Gasteiger partial charge in [0.2, 0.25) is 5.91 Å². The molecule has 7 nitrogen and oxygen atoms in total. The number of tetrazole rings is 1. The molecule has 0 fully saturated rings. The maximum atomic E-state index is 12.0. The number of nitrogens with one attached hydrogen (secondary N) is 3. The monoisotopic (exact) mass is 284 g/mol. The summed E-state index contributed by atoms with van der Waals surface area (Å²) < 4.78 is 0. The summed E-state index contributed by atoms with van der Waals surface area (Å²) >= 11 is 0. The van der Waals surface area contributed by atoms with E-state index >= 15 is 0 Å². The normalized spacial score (nSPS) is 12.4. The van der Waals surface area contributed by atoms with Gasteiger partial charge in [0.05, 0.1) is 6.04 Å². The summed E-state index contributed by atoms with van der Waals surface area (Å²) in [6, 6.07) is 7.82. The van der Waals surface area contributed by atoms with Gasteiger partial charge in [-0.15, -0.1) is 10.2 Å². The molecule has 0 aliphatic heterocycles. The standard InChI is InChI=1S/C14H16N6O/c1-9(14-17-19-20-18-14)16-13(21)7-6-10-8-15-12-5-3-2-4-11(10)12/h2-5,8-9,15H,6-7H2,1H3,(H,16,21)(H,17,18,19,20). The van der Waals surface area contributed by atoms with Crippen molar-refractivity contribution in [1.29, 1.82) is 0 Å². The number of nitrogens with zero attached hydrogens (tertiary/aromatic N) is 3. The van der Waals surface area contributed by atoms with Gasteiger partial charge in [-0.1, -0.05) is 23.4 Å². The van der Waals surface area contributed by atoms with Gasteiger partial charge in [0.15, 0.2) is 5.82 Å². The molecule has 0 radical (unpaired) electrons. The number of H-pyrrole nitrogens is 2. The van der Waals surface area contributed by atoms with E-state index in [9.17, 15) is 4.79 Å². The van der Waals surface area contributed by atoms with E-state index in [0.717, 1.165) is 16.5 Å². The molecular formula is C14H16N6O. The molecule has 1 atom stereocenters. The number of hydrogen-bond donors (Lipinski definition) is 3. The fourth-order valence-corrected chi connectivity index (χ4v) is 2.32. The van der Waals surface area contributed by atoms with Gasteiger partial charge in [-0.25, -0.2) is 0 Å². The molecule has 21 heavy (non-hydrogen) atoms. The van der Waals surface area contributed by atoms with Gasteiger partial charge in [0.25, 0.3) is 0 Å². The summed E-state index contributed by atoms with van der Waals surface area (Å²) in [5.74, 6) is 0.452. The average molecular weight is 284 g/mol. The largest absolute Gasteiger partial charge is 0.361 e. The Bertz CT molecular complexity index is 733. The number of carbonyl (C=O) groups excluding carboxylic acids is 1. The Morgan fingerprint density at radius 2 is 2.24 bits per heavy atom. The van der Waals surface area contributed by atoms with Crippen molar-refractivity contribution in [3.05, 3.63) is 41.9 Å². The van der Waals surface area contributed by atoms with Crippen molar-refractivity contribution in [2.45, 2.75) is 25.8 Å². The van der Waals surface area contributed by atoms with E-state index in [1.54, 1.807) is 0 Å². The van der Waals surface area contributed by atoms with E-state index in [4.69, 9.17) is 0 Å². The molecular weight excluding hydrogens is 268 g/mol. The van der Waals surface area contributed by atoms with E-state index in [2.05, 4.69) is 37.0 Å². The zero-order chi connectivity index (χ0) is 14.7. The minimum absolute atomic E-state index is 0.0300. The molecule has 108 valence electrons. The molecule has 2 aromatic heterocycles. The summed E-state index contributed by atoms with van der Waals surface area (Å²) in [6.45, 7) is 1.83. The summed E-state index contributed by atoms with van der Waals surface area (Å²) in [7, 11) is 0. The number of aromatic nitrogens is 5. The lowest BCUT2D eigenvalue weighted by Gasteiger charge is -2.09. The third kappa shape index (κ3) is 2.91. The molecule has 3 aromatic rings. The Hall–Kier alpha value is -2.70. The molecule has 1 aromatic carbocycles. The van der Waals surface area contributed by atoms with Crippen LogP contribution in [0.2, 0.25) is 0 Å². The van der Waals surface area contributed by atoms with E-state index in [0.29, 0.717) is 18.7 Å². The van der Waals surface area contributed by atoms with Gasteiger partial charge < -0.3 is 10.3 Å². The molecule has 0 saturated carbocycles. The minimum Gasteiger partial charge on any atom is -0.361 e. The Morgan fingerprint density at radius 1 is 1.38 bits per heavy atom. The first-order chi connectivity index (χ1) is 10.2. The molecule has 0 aliphatic carbocycles. The Morgan fingerprint density at radius 3 is 3.05 bits per heavy atom. The topological polar surface area (TPSA) is 99.4 Å². The smallest absolute Gasteiger partial charge is 0.220 e. The number of aryl methyl sites for hydroxylation is 1. The maximum absolute atomic E-state index is 12.0. The van der Waals surface area contributed by atoms with Gasteiger partial charge in [-0.05, 0) is 25.0 Å². The maximum Gasteiger partial charge on any atom is 0.220 e. The number of hydrogen-bond acceptors (Lipinski definition) is 4. The zero-order valence-corrected chi connectivity index (χ0v) is 11.6. The lowest BCUT2D eigenvalue weighted by atomic mass is 10.1. The van der Waals surface area contributed by atoms with Crippen molar-refractivity contribution in [3.8, 4) is 0 Å². The van der Waals surface area contributed by atoms with Gasteiger partial charge >= 0.3 is 0 Å². The lowest BCUT2D eigenvalue weighted by molar-refractivity contribution is -0.121.